The van der Waals surface area contributed by atoms with Crippen molar-refractivity contribution in [2.24, 2.45) is 5.92 Å². The third kappa shape index (κ3) is 7.28. The molecule has 0 aromatic rings. The highest BCUT2D eigenvalue weighted by molar-refractivity contribution is 5.80. The second-order valence-electron chi connectivity index (χ2n) is 6.55. The van der Waals surface area contributed by atoms with E-state index in [4.69, 9.17) is 4.74 Å². The Morgan fingerprint density at radius 1 is 1.29 bits per heavy atom. The fourth-order valence-electron chi connectivity index (χ4n) is 2.35. The van der Waals surface area contributed by atoms with Crippen molar-refractivity contribution in [2.75, 3.05) is 26.7 Å². The molecular weight excluding hydrogens is 264 g/mol. The Balaban J connectivity index is 4.45. The maximum absolute atomic E-state index is 12.2. The number of nitrogens with zero attached hydrogens (tertiary/aromatic N) is 1. The van der Waals surface area contributed by atoms with Crippen LogP contribution in [0.1, 0.15) is 60.8 Å². The van der Waals surface area contributed by atoms with Gasteiger partial charge in [-0.05, 0) is 66.1 Å². The van der Waals surface area contributed by atoms with E-state index in [1.54, 1.807) is 0 Å². The van der Waals surface area contributed by atoms with Gasteiger partial charge >= 0.3 is 5.97 Å². The smallest absolute Gasteiger partial charge is 0.326 e. The summed E-state index contributed by atoms with van der Waals surface area (Å²) in [5, 5.41) is 3.36. The van der Waals surface area contributed by atoms with Crippen molar-refractivity contribution in [1.29, 1.82) is 0 Å². The van der Waals surface area contributed by atoms with Crippen LogP contribution in [-0.4, -0.2) is 49.2 Å². The molecule has 21 heavy (non-hydrogen) atoms. The predicted octanol–water partition coefficient (Wildman–Crippen LogP) is 3.06. The Labute approximate surface area is 131 Å². The zero-order valence-corrected chi connectivity index (χ0v) is 15.2. The van der Waals surface area contributed by atoms with E-state index in [1.165, 1.54) is 0 Å². The van der Waals surface area contributed by atoms with Crippen LogP contribution >= 0.6 is 0 Å². The van der Waals surface area contributed by atoms with Gasteiger partial charge in [-0.2, -0.15) is 0 Å². The predicted molar refractivity (Wildman–Crippen MR) is 89.5 cm³/mol. The molecule has 0 radical (unpaired) electrons. The van der Waals surface area contributed by atoms with Crippen LogP contribution in [0.15, 0.2) is 0 Å². The van der Waals surface area contributed by atoms with Gasteiger partial charge in [0, 0.05) is 6.04 Å². The lowest BCUT2D eigenvalue weighted by Crippen LogP contribution is -2.51. The quantitative estimate of drug-likeness (QED) is 0.595. The molecule has 126 valence electrons. The van der Waals surface area contributed by atoms with Gasteiger partial charge in [0.15, 0.2) is 0 Å². The number of nitrogens with one attached hydrogen (secondary N) is 1. The van der Waals surface area contributed by atoms with E-state index >= 15 is 0 Å². The highest BCUT2D eigenvalue weighted by Gasteiger charge is 2.33. The molecule has 0 amide bonds. The minimum Gasteiger partial charge on any atom is -0.465 e. The second-order valence-corrected chi connectivity index (χ2v) is 6.55. The molecule has 0 bridgehead atoms. The molecule has 1 N–H and O–H groups in total. The molecule has 4 heteroatoms. The summed E-state index contributed by atoms with van der Waals surface area (Å²) in [6, 6.07) is 0.558. The van der Waals surface area contributed by atoms with Crippen LogP contribution in [0.3, 0.4) is 0 Å². The number of rotatable bonds is 11. The molecule has 0 aliphatic rings. The van der Waals surface area contributed by atoms with Gasteiger partial charge < -0.3 is 15.0 Å². The normalized spacial score (nSPS) is 16.0. The van der Waals surface area contributed by atoms with Crippen LogP contribution in [0.2, 0.25) is 0 Å². The summed E-state index contributed by atoms with van der Waals surface area (Å²) < 4.78 is 5.23. The van der Waals surface area contributed by atoms with Gasteiger partial charge in [-0.15, -0.1) is 0 Å². The molecule has 4 nitrogen and oxygen atoms in total. The van der Waals surface area contributed by atoms with E-state index in [2.05, 4.69) is 45.0 Å². The summed E-state index contributed by atoms with van der Waals surface area (Å²) in [6.45, 7) is 14.9. The SMILES string of the molecule is CCCNC(C)(CCCN(C)C(C)C(C)C)C(=O)OCC. The van der Waals surface area contributed by atoms with Gasteiger partial charge in [-0.25, -0.2) is 0 Å². The lowest BCUT2D eigenvalue weighted by Gasteiger charge is -2.31. The van der Waals surface area contributed by atoms with Gasteiger partial charge in [-0.1, -0.05) is 20.8 Å². The highest BCUT2D eigenvalue weighted by atomic mass is 16.5. The van der Waals surface area contributed by atoms with E-state index < -0.39 is 5.54 Å². The fraction of sp³-hybridized carbons (Fsp3) is 0.941. The Kier molecular flexibility index (Phi) is 9.88. The first kappa shape index (κ1) is 20.4. The van der Waals surface area contributed by atoms with Crippen LogP contribution in [0.5, 0.6) is 0 Å². The first-order chi connectivity index (χ1) is 9.78. The summed E-state index contributed by atoms with van der Waals surface area (Å²) in [5.41, 5.74) is -0.562. The third-order valence-electron chi connectivity index (χ3n) is 4.34. The Hall–Kier alpha value is -0.610. The Morgan fingerprint density at radius 3 is 2.38 bits per heavy atom. The minimum atomic E-state index is -0.562. The molecule has 0 aliphatic carbocycles. The van der Waals surface area contributed by atoms with Crippen molar-refractivity contribution >= 4 is 5.97 Å². The number of carbonyl (C=O) groups excluding carboxylic acids is 1. The molecule has 0 saturated carbocycles. The maximum atomic E-state index is 12.2. The summed E-state index contributed by atoms with van der Waals surface area (Å²) in [6.07, 6.45) is 2.81. The summed E-state index contributed by atoms with van der Waals surface area (Å²) in [4.78, 5) is 14.6. The highest BCUT2D eigenvalue weighted by Crippen LogP contribution is 2.17. The number of esters is 1. The molecular formula is C17H36N2O2. The lowest BCUT2D eigenvalue weighted by molar-refractivity contribution is -0.150. The average Bonchev–Trinajstić information content (AvgIpc) is 2.44. The van der Waals surface area contributed by atoms with Crippen molar-refractivity contribution in [1.82, 2.24) is 10.2 Å². The largest absolute Gasteiger partial charge is 0.465 e. The van der Waals surface area contributed by atoms with Crippen molar-refractivity contribution in [3.05, 3.63) is 0 Å². The van der Waals surface area contributed by atoms with Crippen LogP contribution < -0.4 is 5.32 Å². The van der Waals surface area contributed by atoms with Crippen LogP contribution in [0.25, 0.3) is 0 Å². The standard InChI is InChI=1S/C17H36N2O2/c1-8-12-18-17(6,16(20)21-9-2)11-10-13-19(7)15(5)14(3)4/h14-15,18H,8-13H2,1-7H3. The van der Waals surface area contributed by atoms with Gasteiger partial charge in [0.1, 0.15) is 5.54 Å². The molecule has 0 heterocycles. The first-order valence-electron chi connectivity index (χ1n) is 8.41. The van der Waals surface area contributed by atoms with Gasteiger partial charge in [-0.3, -0.25) is 4.79 Å². The minimum absolute atomic E-state index is 0.127. The Morgan fingerprint density at radius 2 is 1.90 bits per heavy atom. The van der Waals surface area contributed by atoms with Crippen LogP contribution in [0, 0.1) is 5.92 Å². The van der Waals surface area contributed by atoms with E-state index in [9.17, 15) is 4.79 Å². The van der Waals surface area contributed by atoms with Crippen molar-refractivity contribution < 1.29 is 9.53 Å². The number of hydrogen-bond donors (Lipinski definition) is 1. The van der Waals surface area contributed by atoms with Crippen molar-refractivity contribution in [3.63, 3.8) is 0 Å². The molecule has 2 atom stereocenters. The summed E-state index contributed by atoms with van der Waals surface area (Å²) in [5.74, 6) is 0.516. The molecule has 2 unspecified atom stereocenters. The molecule has 0 saturated heterocycles. The fourth-order valence-corrected chi connectivity index (χ4v) is 2.35. The van der Waals surface area contributed by atoms with Crippen LogP contribution in [0.4, 0.5) is 0 Å². The maximum Gasteiger partial charge on any atom is 0.326 e. The monoisotopic (exact) mass is 300 g/mol. The summed E-state index contributed by atoms with van der Waals surface area (Å²) in [7, 11) is 2.16. The van der Waals surface area contributed by atoms with E-state index in [0.29, 0.717) is 18.6 Å². The lowest BCUT2D eigenvalue weighted by atomic mass is 9.95. The van der Waals surface area contributed by atoms with E-state index in [1.807, 2.05) is 13.8 Å². The number of carbonyl (C=O) groups is 1. The first-order valence-corrected chi connectivity index (χ1v) is 8.41. The van der Waals surface area contributed by atoms with E-state index in [-0.39, 0.29) is 5.97 Å². The van der Waals surface area contributed by atoms with Gasteiger partial charge in [0.25, 0.3) is 0 Å². The zero-order valence-electron chi connectivity index (χ0n) is 15.2. The van der Waals surface area contributed by atoms with Crippen molar-refractivity contribution in [3.8, 4) is 0 Å². The molecule has 0 aromatic heterocycles. The van der Waals surface area contributed by atoms with Gasteiger partial charge in [0.05, 0.1) is 6.61 Å². The van der Waals surface area contributed by atoms with Crippen LogP contribution in [-0.2, 0) is 9.53 Å². The number of hydrogen-bond acceptors (Lipinski definition) is 4. The third-order valence-corrected chi connectivity index (χ3v) is 4.34. The summed E-state index contributed by atoms with van der Waals surface area (Å²) >= 11 is 0. The zero-order chi connectivity index (χ0) is 16.5. The Bertz CT molecular complexity index is 295. The topological polar surface area (TPSA) is 41.6 Å². The molecule has 0 aromatic carbocycles. The van der Waals surface area contributed by atoms with Crippen molar-refractivity contribution in [2.45, 2.75) is 72.4 Å². The molecule has 0 rings (SSSR count). The van der Waals surface area contributed by atoms with Gasteiger partial charge in [0.2, 0.25) is 0 Å². The number of ether oxygens (including phenoxy) is 1. The second kappa shape index (κ2) is 10.2. The molecule has 0 fully saturated rings. The average molecular weight is 300 g/mol. The van der Waals surface area contributed by atoms with E-state index in [0.717, 1.165) is 32.4 Å². The molecule has 0 spiro atoms. The molecule has 0 aliphatic heterocycles.